The van der Waals surface area contributed by atoms with E-state index in [0.29, 0.717) is 5.56 Å². The number of amides is 2. The number of alkyl halides is 2. The van der Waals surface area contributed by atoms with Gasteiger partial charge in [0.05, 0.1) is 7.11 Å². The molecule has 0 unspecified atom stereocenters. The molecule has 0 atom stereocenters. The summed E-state index contributed by atoms with van der Waals surface area (Å²) in [5.74, 6) is -1.23. The third-order valence-electron chi connectivity index (χ3n) is 3.46. The second-order valence-corrected chi connectivity index (χ2v) is 5.40. The van der Waals surface area contributed by atoms with Crippen molar-refractivity contribution in [2.45, 2.75) is 13.5 Å². The van der Waals surface area contributed by atoms with Crippen LogP contribution in [0.25, 0.3) is 6.08 Å². The summed E-state index contributed by atoms with van der Waals surface area (Å²) in [4.78, 5) is 23.8. The highest BCUT2D eigenvalue weighted by molar-refractivity contribution is 5.98. The van der Waals surface area contributed by atoms with Gasteiger partial charge in [0.2, 0.25) is 0 Å². The lowest BCUT2D eigenvalue weighted by molar-refractivity contribution is -0.117. The van der Waals surface area contributed by atoms with Crippen LogP contribution in [0.2, 0.25) is 0 Å². The molecule has 2 rings (SSSR count). The molecule has 27 heavy (non-hydrogen) atoms. The number of carbonyl (C=O) groups excluding carboxylic acids is 2. The number of halogens is 2. The Labute approximate surface area is 154 Å². The molecule has 8 heteroatoms. The number of methoxy groups -OCH3 is 1. The first-order chi connectivity index (χ1) is 12.9. The molecule has 0 aliphatic carbocycles. The lowest BCUT2D eigenvalue weighted by Crippen LogP contribution is -2.40. The van der Waals surface area contributed by atoms with Crippen molar-refractivity contribution < 1.29 is 27.8 Å². The molecule has 0 spiro atoms. The van der Waals surface area contributed by atoms with Gasteiger partial charge in [-0.2, -0.15) is 8.78 Å². The van der Waals surface area contributed by atoms with E-state index >= 15 is 0 Å². The molecule has 2 aromatic carbocycles. The first kappa shape index (κ1) is 19.9. The van der Waals surface area contributed by atoms with Crippen LogP contribution in [0.4, 0.5) is 8.78 Å². The number of hydrazine groups is 1. The molecular weight excluding hydrogens is 358 g/mol. The second-order valence-electron chi connectivity index (χ2n) is 5.40. The second kappa shape index (κ2) is 9.33. The molecule has 2 amide bonds. The molecule has 0 aliphatic heterocycles. The van der Waals surface area contributed by atoms with E-state index in [2.05, 4.69) is 15.6 Å². The smallest absolute Gasteiger partial charge is 0.387 e. The summed E-state index contributed by atoms with van der Waals surface area (Å²) in [5, 5.41) is 0. The fourth-order valence-electron chi connectivity index (χ4n) is 2.14. The van der Waals surface area contributed by atoms with E-state index in [4.69, 9.17) is 4.74 Å². The largest absolute Gasteiger partial charge is 0.493 e. The fourth-order valence-corrected chi connectivity index (χ4v) is 2.14. The summed E-state index contributed by atoms with van der Waals surface area (Å²) in [6, 6.07) is 11.3. The topological polar surface area (TPSA) is 76.7 Å². The van der Waals surface area contributed by atoms with Gasteiger partial charge in [-0.25, -0.2) is 0 Å². The van der Waals surface area contributed by atoms with Gasteiger partial charge >= 0.3 is 6.61 Å². The molecule has 0 aliphatic rings. The number of benzene rings is 2. The van der Waals surface area contributed by atoms with Crippen molar-refractivity contribution >= 4 is 17.9 Å². The molecule has 2 N–H and O–H groups in total. The molecule has 0 aromatic heterocycles. The minimum atomic E-state index is -3.05. The monoisotopic (exact) mass is 376 g/mol. The molecule has 0 bridgehead atoms. The van der Waals surface area contributed by atoms with Gasteiger partial charge in [-0.05, 0) is 31.2 Å². The number of aryl methyl sites for hydroxylation is 1. The number of rotatable bonds is 6. The lowest BCUT2D eigenvalue weighted by atomic mass is 10.1. The molecule has 0 radical (unpaired) electrons. The van der Waals surface area contributed by atoms with Gasteiger partial charge < -0.3 is 9.47 Å². The fraction of sp³-hybridized carbons (Fsp3) is 0.158. The van der Waals surface area contributed by atoms with Gasteiger partial charge in [0.25, 0.3) is 11.8 Å². The van der Waals surface area contributed by atoms with Crippen LogP contribution in [0.5, 0.6) is 11.5 Å². The predicted molar refractivity (Wildman–Crippen MR) is 95.4 cm³/mol. The van der Waals surface area contributed by atoms with Crippen LogP contribution in [0, 0.1) is 6.92 Å². The Bertz CT molecular complexity index is 836. The normalized spacial score (nSPS) is 10.7. The molecule has 0 heterocycles. The minimum Gasteiger partial charge on any atom is -0.493 e. The summed E-state index contributed by atoms with van der Waals surface area (Å²) in [6.45, 7) is -1.16. The Morgan fingerprint density at radius 3 is 2.41 bits per heavy atom. The van der Waals surface area contributed by atoms with E-state index in [1.54, 1.807) is 30.3 Å². The zero-order chi connectivity index (χ0) is 19.8. The summed E-state index contributed by atoms with van der Waals surface area (Å²) in [5.41, 5.74) is 6.06. The molecule has 142 valence electrons. The maximum atomic E-state index is 12.6. The standard InChI is InChI=1S/C19H18F2N2O4/c1-12-6-8-14(9-7-12)18(25)23-22-16(24)11-10-13-4-3-5-15(26-2)17(13)27-19(20)21/h3-11,19H,1-2H3,(H,22,24)(H,23,25)/b11-10+. The van der Waals surface area contributed by atoms with Gasteiger partial charge in [0.15, 0.2) is 11.5 Å². The van der Waals surface area contributed by atoms with Crippen molar-refractivity contribution in [1.82, 2.24) is 10.9 Å². The van der Waals surface area contributed by atoms with E-state index in [1.807, 2.05) is 6.92 Å². The van der Waals surface area contributed by atoms with Crippen molar-refractivity contribution in [1.29, 1.82) is 0 Å². The quantitative estimate of drug-likeness (QED) is 0.600. The molecule has 0 saturated heterocycles. The van der Waals surface area contributed by atoms with E-state index < -0.39 is 18.4 Å². The van der Waals surface area contributed by atoms with Crippen LogP contribution >= 0.6 is 0 Å². The summed E-state index contributed by atoms with van der Waals surface area (Å²) >= 11 is 0. The molecule has 2 aromatic rings. The highest BCUT2D eigenvalue weighted by atomic mass is 19.3. The van der Waals surface area contributed by atoms with Crippen molar-refractivity contribution in [3.8, 4) is 11.5 Å². The number of ether oxygens (including phenoxy) is 2. The number of carbonyl (C=O) groups is 2. The van der Waals surface area contributed by atoms with E-state index in [9.17, 15) is 18.4 Å². The molecule has 0 saturated carbocycles. The van der Waals surface area contributed by atoms with E-state index in [-0.39, 0.29) is 17.1 Å². The van der Waals surface area contributed by atoms with Crippen LogP contribution < -0.4 is 20.3 Å². The van der Waals surface area contributed by atoms with Gasteiger partial charge in [0, 0.05) is 17.2 Å². The first-order valence-corrected chi connectivity index (χ1v) is 7.87. The van der Waals surface area contributed by atoms with Crippen molar-refractivity contribution in [3.63, 3.8) is 0 Å². The Hall–Kier alpha value is -3.42. The van der Waals surface area contributed by atoms with Crippen LogP contribution in [0.1, 0.15) is 21.5 Å². The Kier molecular flexibility index (Phi) is 6.87. The molecular formula is C19H18F2N2O4. The van der Waals surface area contributed by atoms with Crippen LogP contribution in [-0.4, -0.2) is 25.5 Å². The van der Waals surface area contributed by atoms with E-state index in [0.717, 1.165) is 11.6 Å². The van der Waals surface area contributed by atoms with Gasteiger partial charge in [0.1, 0.15) is 0 Å². The van der Waals surface area contributed by atoms with Gasteiger partial charge in [-0.1, -0.05) is 29.8 Å². The zero-order valence-electron chi connectivity index (χ0n) is 14.7. The van der Waals surface area contributed by atoms with Crippen molar-refractivity contribution in [3.05, 3.63) is 65.2 Å². The lowest BCUT2D eigenvalue weighted by Gasteiger charge is -2.12. The number of nitrogens with one attached hydrogen (secondary N) is 2. The molecule has 0 fully saturated rings. The third-order valence-corrected chi connectivity index (χ3v) is 3.46. The number of hydrogen-bond donors (Lipinski definition) is 2. The maximum absolute atomic E-state index is 12.6. The average Bonchev–Trinajstić information content (AvgIpc) is 2.65. The number of hydrogen-bond acceptors (Lipinski definition) is 4. The van der Waals surface area contributed by atoms with Gasteiger partial charge in [-0.15, -0.1) is 0 Å². The predicted octanol–water partition coefficient (Wildman–Crippen LogP) is 3.08. The first-order valence-electron chi connectivity index (χ1n) is 7.87. The summed E-state index contributed by atoms with van der Waals surface area (Å²) < 4.78 is 34.6. The average molecular weight is 376 g/mol. The highest BCUT2D eigenvalue weighted by Crippen LogP contribution is 2.33. The highest BCUT2D eigenvalue weighted by Gasteiger charge is 2.14. The SMILES string of the molecule is COc1cccc(/C=C/C(=O)NNC(=O)c2ccc(C)cc2)c1OC(F)F. The maximum Gasteiger partial charge on any atom is 0.387 e. The van der Waals surface area contributed by atoms with Crippen LogP contribution in [0.3, 0.4) is 0 Å². The Morgan fingerprint density at radius 1 is 1.07 bits per heavy atom. The van der Waals surface area contributed by atoms with Crippen molar-refractivity contribution in [2.24, 2.45) is 0 Å². The van der Waals surface area contributed by atoms with E-state index in [1.165, 1.54) is 25.3 Å². The summed E-state index contributed by atoms with van der Waals surface area (Å²) in [6.07, 6.45) is 2.34. The summed E-state index contributed by atoms with van der Waals surface area (Å²) in [7, 11) is 1.31. The van der Waals surface area contributed by atoms with Gasteiger partial charge in [-0.3, -0.25) is 20.4 Å². The minimum absolute atomic E-state index is 0.102. The van der Waals surface area contributed by atoms with Crippen molar-refractivity contribution in [2.75, 3.05) is 7.11 Å². The van der Waals surface area contributed by atoms with Crippen LogP contribution in [0.15, 0.2) is 48.5 Å². The number of para-hydroxylation sites is 1. The Balaban J connectivity index is 2.02. The van der Waals surface area contributed by atoms with Crippen LogP contribution in [-0.2, 0) is 4.79 Å². The Morgan fingerprint density at radius 2 is 1.78 bits per heavy atom. The third kappa shape index (κ3) is 5.81. The zero-order valence-corrected chi connectivity index (χ0v) is 14.7. The molecule has 6 nitrogen and oxygen atoms in total.